The zero-order chi connectivity index (χ0) is 19.2. The first-order valence-corrected chi connectivity index (χ1v) is 9.90. The number of nitrogens with zero attached hydrogens (tertiary/aromatic N) is 3. The van der Waals surface area contributed by atoms with Crippen LogP contribution in [0.2, 0.25) is 0 Å². The lowest BCUT2D eigenvalue weighted by molar-refractivity contribution is 0.102. The van der Waals surface area contributed by atoms with Crippen molar-refractivity contribution in [1.29, 1.82) is 0 Å². The van der Waals surface area contributed by atoms with Crippen LogP contribution in [0.1, 0.15) is 16.8 Å². The van der Waals surface area contributed by atoms with Crippen molar-refractivity contribution >= 4 is 28.4 Å². The van der Waals surface area contributed by atoms with Gasteiger partial charge in [0, 0.05) is 12.1 Å². The van der Waals surface area contributed by atoms with Gasteiger partial charge >= 0.3 is 0 Å². The van der Waals surface area contributed by atoms with Gasteiger partial charge in [-0.25, -0.2) is 4.98 Å². The third-order valence-electron chi connectivity index (χ3n) is 4.24. The molecule has 5 nitrogen and oxygen atoms in total. The standard InChI is InChI=1S/C21H23N3O2S/c1-23(2)13-8-14-24-20(26)17-11-6-7-12-18(17)22-21(24)27-15-19(25)16-9-4-3-5-10-16/h3-7,9-12H,8,13-15H2,1-2H3. The minimum Gasteiger partial charge on any atom is -0.309 e. The molecule has 0 N–H and O–H groups in total. The summed E-state index contributed by atoms with van der Waals surface area (Å²) in [6, 6.07) is 16.6. The molecule has 3 aromatic rings. The number of hydrogen-bond acceptors (Lipinski definition) is 5. The van der Waals surface area contributed by atoms with E-state index in [4.69, 9.17) is 0 Å². The molecule has 0 saturated carbocycles. The van der Waals surface area contributed by atoms with Crippen molar-refractivity contribution in [3.05, 3.63) is 70.5 Å². The minimum absolute atomic E-state index is 0.0304. The number of carbonyl (C=O) groups excluding carboxylic acids is 1. The molecule has 0 aliphatic heterocycles. The van der Waals surface area contributed by atoms with Crippen LogP contribution in [0.4, 0.5) is 0 Å². The maximum absolute atomic E-state index is 13.0. The third-order valence-corrected chi connectivity index (χ3v) is 5.22. The van der Waals surface area contributed by atoms with E-state index in [1.165, 1.54) is 11.8 Å². The maximum atomic E-state index is 13.0. The summed E-state index contributed by atoms with van der Waals surface area (Å²) < 4.78 is 1.70. The molecule has 3 rings (SSSR count). The van der Waals surface area contributed by atoms with Gasteiger partial charge in [0.25, 0.3) is 5.56 Å². The second-order valence-electron chi connectivity index (χ2n) is 6.60. The zero-order valence-electron chi connectivity index (χ0n) is 15.6. The van der Waals surface area contributed by atoms with Gasteiger partial charge in [-0.1, -0.05) is 54.2 Å². The molecule has 0 atom stereocenters. The Morgan fingerprint density at radius 2 is 1.78 bits per heavy atom. The molecule has 2 aromatic carbocycles. The number of para-hydroxylation sites is 1. The molecule has 0 unspecified atom stereocenters. The van der Waals surface area contributed by atoms with Gasteiger partial charge in [-0.05, 0) is 39.2 Å². The number of ketones is 1. The number of Topliss-reactive ketones (excluding diaryl/α,β-unsaturated/α-hetero) is 1. The van der Waals surface area contributed by atoms with E-state index in [-0.39, 0.29) is 17.1 Å². The lowest BCUT2D eigenvalue weighted by atomic mass is 10.2. The van der Waals surface area contributed by atoms with Crippen molar-refractivity contribution in [3.8, 4) is 0 Å². The van der Waals surface area contributed by atoms with E-state index in [0.717, 1.165) is 13.0 Å². The first kappa shape index (κ1) is 19.3. The van der Waals surface area contributed by atoms with Crippen molar-refractivity contribution < 1.29 is 4.79 Å². The topological polar surface area (TPSA) is 55.2 Å². The van der Waals surface area contributed by atoms with Crippen LogP contribution in [0.15, 0.2) is 64.5 Å². The Labute approximate surface area is 163 Å². The first-order chi connectivity index (χ1) is 13.1. The van der Waals surface area contributed by atoms with Crippen LogP contribution in [0.3, 0.4) is 0 Å². The highest BCUT2D eigenvalue weighted by molar-refractivity contribution is 7.99. The van der Waals surface area contributed by atoms with E-state index >= 15 is 0 Å². The summed E-state index contributed by atoms with van der Waals surface area (Å²) in [6.45, 7) is 1.46. The molecule has 0 aliphatic rings. The summed E-state index contributed by atoms with van der Waals surface area (Å²) in [5.41, 5.74) is 1.29. The normalized spacial score (nSPS) is 11.2. The molecule has 0 bridgehead atoms. The number of benzene rings is 2. The molecule has 140 valence electrons. The Hall–Kier alpha value is -2.44. The monoisotopic (exact) mass is 381 g/mol. The van der Waals surface area contributed by atoms with Crippen LogP contribution in [0.25, 0.3) is 10.9 Å². The van der Waals surface area contributed by atoms with Crippen LogP contribution in [-0.4, -0.2) is 46.6 Å². The Balaban J connectivity index is 1.87. The van der Waals surface area contributed by atoms with Crippen molar-refractivity contribution in [3.63, 3.8) is 0 Å². The number of carbonyl (C=O) groups is 1. The third kappa shape index (κ3) is 4.84. The zero-order valence-corrected chi connectivity index (χ0v) is 16.4. The van der Waals surface area contributed by atoms with Gasteiger partial charge in [-0.2, -0.15) is 0 Å². The molecule has 0 radical (unpaired) electrons. The van der Waals surface area contributed by atoms with Crippen LogP contribution in [-0.2, 0) is 6.54 Å². The van der Waals surface area contributed by atoms with Crippen LogP contribution in [0, 0.1) is 0 Å². The Morgan fingerprint density at radius 3 is 2.52 bits per heavy atom. The lowest BCUT2D eigenvalue weighted by Crippen LogP contribution is -2.25. The second kappa shape index (κ2) is 8.97. The fourth-order valence-electron chi connectivity index (χ4n) is 2.84. The molecule has 1 heterocycles. The van der Waals surface area contributed by atoms with Crippen LogP contribution >= 0.6 is 11.8 Å². The van der Waals surface area contributed by atoms with Gasteiger partial charge in [0.1, 0.15) is 0 Å². The van der Waals surface area contributed by atoms with Crippen molar-refractivity contribution in [2.75, 3.05) is 26.4 Å². The Morgan fingerprint density at radius 1 is 1.07 bits per heavy atom. The van der Waals surface area contributed by atoms with Gasteiger partial charge in [-0.3, -0.25) is 14.2 Å². The summed E-state index contributed by atoms with van der Waals surface area (Å²) in [4.78, 5) is 32.1. The number of rotatable bonds is 8. The predicted molar refractivity (Wildman–Crippen MR) is 111 cm³/mol. The van der Waals surface area contributed by atoms with Gasteiger partial charge in [0.2, 0.25) is 0 Å². The molecule has 0 fully saturated rings. The van der Waals surface area contributed by atoms with Crippen LogP contribution < -0.4 is 5.56 Å². The summed E-state index contributed by atoms with van der Waals surface area (Å²) in [5, 5.41) is 1.21. The molecule has 1 aromatic heterocycles. The average Bonchev–Trinajstić information content (AvgIpc) is 2.68. The van der Waals surface area contributed by atoms with Gasteiger partial charge in [0.05, 0.1) is 16.7 Å². The van der Waals surface area contributed by atoms with Crippen molar-refractivity contribution in [2.45, 2.75) is 18.1 Å². The summed E-state index contributed by atoms with van der Waals surface area (Å²) in [7, 11) is 4.02. The predicted octanol–water partition coefficient (Wildman–Crippen LogP) is 3.32. The Kier molecular flexibility index (Phi) is 6.42. The molecule has 6 heteroatoms. The van der Waals surface area contributed by atoms with Crippen molar-refractivity contribution in [2.24, 2.45) is 0 Å². The highest BCUT2D eigenvalue weighted by Crippen LogP contribution is 2.19. The van der Waals surface area contributed by atoms with Gasteiger partial charge < -0.3 is 4.90 Å². The fraction of sp³-hybridized carbons (Fsp3) is 0.286. The summed E-state index contributed by atoms with van der Waals surface area (Å²) in [5.74, 6) is 0.283. The largest absolute Gasteiger partial charge is 0.309 e. The number of aromatic nitrogens is 2. The highest BCUT2D eigenvalue weighted by Gasteiger charge is 2.14. The van der Waals surface area contributed by atoms with Gasteiger partial charge in [-0.15, -0.1) is 0 Å². The molecule has 0 aliphatic carbocycles. The van der Waals surface area contributed by atoms with E-state index in [1.807, 2.05) is 50.5 Å². The van der Waals surface area contributed by atoms with E-state index in [0.29, 0.717) is 28.2 Å². The second-order valence-corrected chi connectivity index (χ2v) is 7.55. The SMILES string of the molecule is CN(C)CCCn1c(SCC(=O)c2ccccc2)nc2ccccc2c1=O. The molecule has 0 spiro atoms. The minimum atomic E-state index is -0.0472. The lowest BCUT2D eigenvalue weighted by Gasteiger charge is -2.14. The maximum Gasteiger partial charge on any atom is 0.262 e. The summed E-state index contributed by atoms with van der Waals surface area (Å²) >= 11 is 1.33. The van der Waals surface area contributed by atoms with E-state index in [2.05, 4.69) is 9.88 Å². The summed E-state index contributed by atoms with van der Waals surface area (Å²) in [6.07, 6.45) is 0.840. The molecule has 0 amide bonds. The van der Waals surface area contributed by atoms with E-state index in [1.54, 1.807) is 22.8 Å². The molecular weight excluding hydrogens is 358 g/mol. The quantitative estimate of drug-likeness (QED) is 0.340. The van der Waals surface area contributed by atoms with Crippen molar-refractivity contribution in [1.82, 2.24) is 14.5 Å². The highest BCUT2D eigenvalue weighted by atomic mass is 32.2. The fourth-order valence-corrected chi connectivity index (χ4v) is 3.76. The number of fused-ring (bicyclic) bond motifs is 1. The van der Waals surface area contributed by atoms with E-state index < -0.39 is 0 Å². The van der Waals surface area contributed by atoms with E-state index in [9.17, 15) is 9.59 Å². The van der Waals surface area contributed by atoms with Crippen LogP contribution in [0.5, 0.6) is 0 Å². The van der Waals surface area contributed by atoms with Gasteiger partial charge in [0.15, 0.2) is 10.9 Å². The molecule has 0 saturated heterocycles. The molecule has 27 heavy (non-hydrogen) atoms. The molecular formula is C21H23N3O2S. The Bertz CT molecular complexity index is 984. The first-order valence-electron chi connectivity index (χ1n) is 8.91. The average molecular weight is 382 g/mol. The number of hydrogen-bond donors (Lipinski definition) is 0. The number of thioether (sulfide) groups is 1. The smallest absolute Gasteiger partial charge is 0.262 e.